The highest BCUT2D eigenvalue weighted by Crippen LogP contribution is 2.18. The first-order valence-electron chi connectivity index (χ1n) is 6.84. The second kappa shape index (κ2) is 8.11. The predicted octanol–water partition coefficient (Wildman–Crippen LogP) is 2.85. The van der Waals surface area contributed by atoms with Crippen LogP contribution in [0.1, 0.15) is 38.9 Å². The Labute approximate surface area is 110 Å². The molecule has 0 heterocycles. The van der Waals surface area contributed by atoms with E-state index < -0.39 is 6.10 Å². The molecule has 0 spiro atoms. The minimum absolute atomic E-state index is 0.424. The number of rotatable bonds is 8. The molecule has 1 aromatic rings. The number of benzene rings is 1. The highest BCUT2D eigenvalue weighted by Gasteiger charge is 2.11. The van der Waals surface area contributed by atoms with Crippen molar-refractivity contribution in [3.63, 3.8) is 0 Å². The van der Waals surface area contributed by atoms with E-state index in [1.807, 2.05) is 31.2 Å². The van der Waals surface area contributed by atoms with Gasteiger partial charge in [-0.2, -0.15) is 0 Å². The Balaban J connectivity index is 2.57. The molecular weight excluding hydrogens is 226 g/mol. The molecule has 1 N–H and O–H groups in total. The Morgan fingerprint density at radius 3 is 2.33 bits per heavy atom. The molecule has 18 heavy (non-hydrogen) atoms. The molecule has 0 saturated carbocycles. The van der Waals surface area contributed by atoms with Crippen molar-refractivity contribution >= 4 is 0 Å². The number of hydrogen-bond donors (Lipinski definition) is 1. The molecule has 0 amide bonds. The Bertz CT molecular complexity index is 324. The molecule has 1 atom stereocenters. The fourth-order valence-corrected chi connectivity index (χ4v) is 2.00. The second-order valence-corrected chi connectivity index (χ2v) is 4.41. The monoisotopic (exact) mass is 251 g/mol. The van der Waals surface area contributed by atoms with Gasteiger partial charge in [-0.15, -0.1) is 0 Å². The van der Waals surface area contributed by atoms with Crippen molar-refractivity contribution in [2.24, 2.45) is 0 Å². The summed E-state index contributed by atoms with van der Waals surface area (Å²) in [5, 5.41) is 10.2. The summed E-state index contributed by atoms with van der Waals surface area (Å²) in [5.74, 6) is 0.856. The van der Waals surface area contributed by atoms with Gasteiger partial charge in [-0.25, -0.2) is 0 Å². The topological polar surface area (TPSA) is 32.7 Å². The van der Waals surface area contributed by atoms with Crippen LogP contribution in [0.5, 0.6) is 5.75 Å². The van der Waals surface area contributed by atoms with Crippen LogP contribution in [-0.2, 0) is 0 Å². The Morgan fingerprint density at radius 1 is 1.17 bits per heavy atom. The van der Waals surface area contributed by atoms with Crippen LogP contribution in [0.4, 0.5) is 0 Å². The molecule has 1 aromatic carbocycles. The molecule has 3 heteroatoms. The number of ether oxygens (including phenoxy) is 1. The molecule has 0 fully saturated rings. The summed E-state index contributed by atoms with van der Waals surface area (Å²) in [4.78, 5) is 2.27. The summed E-state index contributed by atoms with van der Waals surface area (Å²) in [5.41, 5.74) is 0.952. The normalized spacial score (nSPS) is 12.7. The van der Waals surface area contributed by atoms with Crippen LogP contribution in [0.3, 0.4) is 0 Å². The molecule has 102 valence electrons. The third kappa shape index (κ3) is 4.67. The quantitative estimate of drug-likeness (QED) is 0.771. The summed E-state index contributed by atoms with van der Waals surface area (Å²) in [6, 6.07) is 7.71. The maximum absolute atomic E-state index is 10.2. The number of aliphatic hydroxyl groups excluding tert-OH is 1. The van der Waals surface area contributed by atoms with E-state index in [-0.39, 0.29) is 0 Å². The lowest BCUT2D eigenvalue weighted by Crippen LogP contribution is -2.29. The van der Waals surface area contributed by atoms with Crippen molar-refractivity contribution in [1.29, 1.82) is 0 Å². The van der Waals surface area contributed by atoms with Crippen molar-refractivity contribution < 1.29 is 9.84 Å². The fraction of sp³-hybridized carbons (Fsp3) is 0.600. The van der Waals surface area contributed by atoms with Crippen molar-refractivity contribution in [2.75, 3.05) is 26.2 Å². The number of nitrogens with zero attached hydrogens (tertiary/aromatic N) is 1. The van der Waals surface area contributed by atoms with E-state index >= 15 is 0 Å². The molecule has 1 rings (SSSR count). The maximum atomic E-state index is 10.2. The number of likely N-dealkylation sites (N-methyl/N-ethyl adjacent to an activating group) is 1. The van der Waals surface area contributed by atoms with E-state index in [9.17, 15) is 5.11 Å². The van der Waals surface area contributed by atoms with Crippen LogP contribution in [0.2, 0.25) is 0 Å². The standard InChI is InChI=1S/C15H25NO2/c1-4-11-16(5-2)12-15(17)13-7-9-14(10-8-13)18-6-3/h7-10,15,17H,4-6,11-12H2,1-3H3. The van der Waals surface area contributed by atoms with Gasteiger partial charge in [0.2, 0.25) is 0 Å². The van der Waals surface area contributed by atoms with Crippen LogP contribution in [0, 0.1) is 0 Å². The summed E-state index contributed by atoms with van der Waals surface area (Å²) in [7, 11) is 0. The summed E-state index contributed by atoms with van der Waals surface area (Å²) < 4.78 is 5.39. The van der Waals surface area contributed by atoms with Crippen LogP contribution < -0.4 is 4.74 Å². The average Bonchev–Trinajstić information content (AvgIpc) is 2.39. The van der Waals surface area contributed by atoms with E-state index in [4.69, 9.17) is 4.74 Å². The summed E-state index contributed by atoms with van der Waals surface area (Å²) in [6.45, 7) is 9.62. The van der Waals surface area contributed by atoms with E-state index in [0.717, 1.165) is 30.8 Å². The second-order valence-electron chi connectivity index (χ2n) is 4.41. The molecule has 0 aliphatic rings. The molecule has 3 nitrogen and oxygen atoms in total. The van der Waals surface area contributed by atoms with Gasteiger partial charge < -0.3 is 14.7 Å². The zero-order valence-electron chi connectivity index (χ0n) is 11.7. The van der Waals surface area contributed by atoms with Crippen LogP contribution >= 0.6 is 0 Å². The average molecular weight is 251 g/mol. The number of hydrogen-bond acceptors (Lipinski definition) is 3. The van der Waals surface area contributed by atoms with Crippen LogP contribution in [-0.4, -0.2) is 36.2 Å². The van der Waals surface area contributed by atoms with Gasteiger partial charge in [0.25, 0.3) is 0 Å². The lowest BCUT2D eigenvalue weighted by molar-refractivity contribution is 0.116. The van der Waals surface area contributed by atoms with E-state index in [1.54, 1.807) is 0 Å². The van der Waals surface area contributed by atoms with Gasteiger partial charge >= 0.3 is 0 Å². The third-order valence-corrected chi connectivity index (χ3v) is 2.99. The lowest BCUT2D eigenvalue weighted by Gasteiger charge is -2.23. The number of aliphatic hydroxyl groups is 1. The van der Waals surface area contributed by atoms with Gasteiger partial charge in [0.05, 0.1) is 12.7 Å². The summed E-state index contributed by atoms with van der Waals surface area (Å²) >= 11 is 0. The van der Waals surface area contributed by atoms with Gasteiger partial charge in [-0.05, 0) is 44.1 Å². The fourth-order valence-electron chi connectivity index (χ4n) is 2.00. The van der Waals surface area contributed by atoms with Gasteiger partial charge in [-0.1, -0.05) is 26.0 Å². The lowest BCUT2D eigenvalue weighted by atomic mass is 10.1. The van der Waals surface area contributed by atoms with Gasteiger partial charge in [-0.3, -0.25) is 0 Å². The molecule has 1 unspecified atom stereocenters. The van der Waals surface area contributed by atoms with Crippen molar-refractivity contribution in [3.05, 3.63) is 29.8 Å². The predicted molar refractivity (Wildman–Crippen MR) is 75.0 cm³/mol. The molecule has 0 aromatic heterocycles. The highest BCUT2D eigenvalue weighted by atomic mass is 16.5. The van der Waals surface area contributed by atoms with Crippen molar-refractivity contribution in [2.45, 2.75) is 33.3 Å². The molecular formula is C15H25NO2. The maximum Gasteiger partial charge on any atom is 0.119 e. The highest BCUT2D eigenvalue weighted by molar-refractivity contribution is 5.28. The minimum atomic E-state index is -0.424. The van der Waals surface area contributed by atoms with E-state index in [2.05, 4.69) is 18.7 Å². The zero-order chi connectivity index (χ0) is 13.4. The molecule has 0 aliphatic carbocycles. The van der Waals surface area contributed by atoms with E-state index in [0.29, 0.717) is 13.2 Å². The third-order valence-electron chi connectivity index (χ3n) is 2.99. The molecule has 0 radical (unpaired) electrons. The Hall–Kier alpha value is -1.06. The van der Waals surface area contributed by atoms with Crippen molar-refractivity contribution in [3.8, 4) is 5.75 Å². The van der Waals surface area contributed by atoms with Gasteiger partial charge in [0.1, 0.15) is 5.75 Å². The van der Waals surface area contributed by atoms with Crippen LogP contribution in [0.15, 0.2) is 24.3 Å². The molecule has 0 saturated heterocycles. The summed E-state index contributed by atoms with van der Waals surface area (Å²) in [6.07, 6.45) is 0.691. The van der Waals surface area contributed by atoms with Gasteiger partial charge in [0, 0.05) is 6.54 Å². The zero-order valence-corrected chi connectivity index (χ0v) is 11.7. The SMILES string of the molecule is CCCN(CC)CC(O)c1ccc(OCC)cc1. The first-order chi connectivity index (χ1) is 8.71. The minimum Gasteiger partial charge on any atom is -0.494 e. The molecule has 0 aliphatic heterocycles. The Morgan fingerprint density at radius 2 is 1.83 bits per heavy atom. The first-order valence-corrected chi connectivity index (χ1v) is 6.84. The van der Waals surface area contributed by atoms with Crippen molar-refractivity contribution in [1.82, 2.24) is 4.90 Å². The largest absolute Gasteiger partial charge is 0.494 e. The smallest absolute Gasteiger partial charge is 0.119 e. The Kier molecular flexibility index (Phi) is 6.76. The van der Waals surface area contributed by atoms with E-state index in [1.165, 1.54) is 0 Å². The van der Waals surface area contributed by atoms with Crippen LogP contribution in [0.25, 0.3) is 0 Å². The van der Waals surface area contributed by atoms with Gasteiger partial charge in [0.15, 0.2) is 0 Å². The first kappa shape index (κ1) is 15.0. The molecule has 0 bridgehead atoms.